The smallest absolute Gasteiger partial charge is 0.252 e. The van der Waals surface area contributed by atoms with E-state index in [0.717, 1.165) is 20.2 Å². The molecule has 0 spiro atoms. The van der Waals surface area contributed by atoms with Crippen LogP contribution in [0.25, 0.3) is 0 Å². The van der Waals surface area contributed by atoms with Crippen LogP contribution in [0, 0.1) is 6.92 Å². The quantitative estimate of drug-likeness (QED) is 0.241. The van der Waals surface area contributed by atoms with E-state index in [1.54, 1.807) is 30.3 Å². The van der Waals surface area contributed by atoms with Crippen molar-refractivity contribution in [3.63, 3.8) is 0 Å². The summed E-state index contributed by atoms with van der Waals surface area (Å²) in [5.41, 5.74) is 2.17. The number of benzene rings is 2. The summed E-state index contributed by atoms with van der Waals surface area (Å²) in [6.45, 7) is 1.95. The van der Waals surface area contributed by atoms with E-state index in [4.69, 9.17) is 47.0 Å². The molecule has 0 fully saturated rings. The van der Waals surface area contributed by atoms with Crippen LogP contribution < -0.4 is 16.0 Å². The van der Waals surface area contributed by atoms with Crippen molar-refractivity contribution < 1.29 is 4.79 Å². The topological polar surface area (TPSA) is 53.2 Å². The Bertz CT molecular complexity index is 847. The third-order valence-corrected chi connectivity index (χ3v) is 5.80. The first-order chi connectivity index (χ1) is 12.6. The highest BCUT2D eigenvalue weighted by molar-refractivity contribution is 9.11. The van der Waals surface area contributed by atoms with Crippen molar-refractivity contribution >= 4 is 95.6 Å². The van der Waals surface area contributed by atoms with Crippen LogP contribution >= 0.6 is 78.9 Å². The number of aryl methyl sites for hydroxylation is 1. The van der Waals surface area contributed by atoms with Crippen LogP contribution in [0.15, 0.2) is 51.4 Å². The maximum Gasteiger partial charge on any atom is 0.252 e. The van der Waals surface area contributed by atoms with Gasteiger partial charge in [-0.2, -0.15) is 0 Å². The standard InChI is InChI=1S/C17H14Br2Cl3N3OS/c1-9-7-13(12(19)8-11(9)18)23-16(27)25-15(17(20,21)22)24-14(26)10-5-3-2-4-6-10/h2-8,15H,1H3,(H,24,26)(H2,23,25,27)/t15-/m1/s1. The van der Waals surface area contributed by atoms with Crippen molar-refractivity contribution in [1.29, 1.82) is 0 Å². The van der Waals surface area contributed by atoms with Crippen LogP contribution in [-0.4, -0.2) is 21.0 Å². The van der Waals surface area contributed by atoms with Crippen LogP contribution in [0.4, 0.5) is 5.69 Å². The molecule has 0 aliphatic rings. The van der Waals surface area contributed by atoms with Crippen molar-refractivity contribution in [3.05, 3.63) is 62.5 Å². The number of nitrogens with one attached hydrogen (secondary N) is 3. The predicted octanol–water partition coefficient (Wildman–Crippen LogP) is 5.93. The molecule has 2 aromatic rings. The van der Waals surface area contributed by atoms with Gasteiger partial charge in [-0.3, -0.25) is 4.79 Å². The summed E-state index contributed by atoms with van der Waals surface area (Å²) in [6.07, 6.45) is -1.05. The summed E-state index contributed by atoms with van der Waals surface area (Å²) in [5, 5.41) is 8.66. The van der Waals surface area contributed by atoms with E-state index in [0.29, 0.717) is 5.56 Å². The molecule has 1 amide bonds. The van der Waals surface area contributed by atoms with Crippen LogP contribution in [0.1, 0.15) is 15.9 Å². The van der Waals surface area contributed by atoms with Gasteiger partial charge in [0.05, 0.1) is 5.69 Å². The highest BCUT2D eigenvalue weighted by Gasteiger charge is 2.35. The maximum absolute atomic E-state index is 12.4. The molecule has 2 aromatic carbocycles. The van der Waals surface area contributed by atoms with E-state index < -0.39 is 15.9 Å². The van der Waals surface area contributed by atoms with E-state index in [1.165, 1.54) is 0 Å². The van der Waals surface area contributed by atoms with Crippen LogP contribution in [0.5, 0.6) is 0 Å². The number of hydrogen-bond acceptors (Lipinski definition) is 2. The summed E-state index contributed by atoms with van der Waals surface area (Å²) in [7, 11) is 0. The molecule has 0 saturated heterocycles. The van der Waals surface area contributed by atoms with Crippen molar-refractivity contribution in [3.8, 4) is 0 Å². The lowest BCUT2D eigenvalue weighted by Crippen LogP contribution is -2.56. The zero-order chi connectivity index (χ0) is 20.2. The lowest BCUT2D eigenvalue weighted by molar-refractivity contribution is 0.0934. The average Bonchev–Trinajstić information content (AvgIpc) is 2.59. The van der Waals surface area contributed by atoms with Gasteiger partial charge in [-0.15, -0.1) is 0 Å². The Morgan fingerprint density at radius 3 is 2.30 bits per heavy atom. The Kier molecular flexibility index (Phi) is 8.21. The normalized spacial score (nSPS) is 12.2. The number of halogens is 5. The van der Waals surface area contributed by atoms with Crippen LogP contribution in [0.3, 0.4) is 0 Å². The van der Waals surface area contributed by atoms with Crippen LogP contribution in [-0.2, 0) is 0 Å². The van der Waals surface area contributed by atoms with Crippen LogP contribution in [0.2, 0.25) is 0 Å². The zero-order valence-corrected chi connectivity index (χ0v) is 20.1. The summed E-state index contributed by atoms with van der Waals surface area (Å²) in [6, 6.07) is 12.4. The maximum atomic E-state index is 12.4. The number of hydrogen-bond donors (Lipinski definition) is 3. The van der Waals surface area contributed by atoms with Gasteiger partial charge in [0.25, 0.3) is 5.91 Å². The molecule has 27 heavy (non-hydrogen) atoms. The highest BCUT2D eigenvalue weighted by atomic mass is 79.9. The molecule has 0 radical (unpaired) electrons. The molecule has 0 unspecified atom stereocenters. The van der Waals surface area contributed by atoms with E-state index in [9.17, 15) is 4.79 Å². The van der Waals surface area contributed by atoms with Gasteiger partial charge in [0.1, 0.15) is 6.17 Å². The summed E-state index contributed by atoms with van der Waals surface area (Å²) in [4.78, 5) is 12.4. The molecular weight excluding hydrogens is 560 g/mol. The molecule has 0 aromatic heterocycles. The Balaban J connectivity index is 2.11. The molecule has 0 aliphatic heterocycles. The van der Waals surface area contributed by atoms with Crippen molar-refractivity contribution in [2.24, 2.45) is 0 Å². The molecule has 10 heteroatoms. The fourth-order valence-corrected chi connectivity index (χ4v) is 3.69. The zero-order valence-electron chi connectivity index (χ0n) is 13.8. The van der Waals surface area contributed by atoms with Gasteiger partial charge in [0.15, 0.2) is 5.11 Å². The number of carbonyl (C=O) groups excluding carboxylic acids is 1. The summed E-state index contributed by atoms with van der Waals surface area (Å²) < 4.78 is -0.0840. The third-order valence-electron chi connectivity index (χ3n) is 3.41. The Morgan fingerprint density at radius 2 is 1.70 bits per heavy atom. The molecule has 0 aliphatic carbocycles. The van der Waals surface area contributed by atoms with Crippen molar-refractivity contribution in [1.82, 2.24) is 10.6 Å². The first-order valence-electron chi connectivity index (χ1n) is 7.53. The number of anilines is 1. The number of alkyl halides is 3. The lowest BCUT2D eigenvalue weighted by atomic mass is 10.2. The van der Waals surface area contributed by atoms with Gasteiger partial charge < -0.3 is 16.0 Å². The molecule has 0 bridgehead atoms. The second-order valence-corrected chi connectivity index (χ2v) is 9.98. The van der Waals surface area contributed by atoms with E-state index in [2.05, 4.69) is 47.8 Å². The van der Waals surface area contributed by atoms with Gasteiger partial charge in [0.2, 0.25) is 3.79 Å². The summed E-state index contributed by atoms with van der Waals surface area (Å²) in [5.74, 6) is -0.400. The fourth-order valence-electron chi connectivity index (χ4n) is 2.05. The Hall–Kier alpha value is -0.570. The average molecular weight is 575 g/mol. The van der Waals surface area contributed by atoms with Crippen molar-refractivity contribution in [2.75, 3.05) is 5.32 Å². The molecule has 144 valence electrons. The first-order valence-corrected chi connectivity index (χ1v) is 10.7. The number of amides is 1. The fraction of sp³-hybridized carbons (Fsp3) is 0.176. The number of rotatable bonds is 4. The van der Waals surface area contributed by atoms with Gasteiger partial charge in [0, 0.05) is 14.5 Å². The van der Waals surface area contributed by atoms with E-state index in [1.807, 2.05) is 19.1 Å². The minimum Gasteiger partial charge on any atom is -0.339 e. The largest absolute Gasteiger partial charge is 0.339 e. The Labute approximate surface area is 194 Å². The lowest BCUT2D eigenvalue weighted by Gasteiger charge is -2.28. The second-order valence-electron chi connectivity index (χ2n) is 5.49. The predicted molar refractivity (Wildman–Crippen MR) is 124 cm³/mol. The SMILES string of the molecule is Cc1cc(NC(=S)N[C@@H](NC(=O)c2ccccc2)C(Cl)(Cl)Cl)c(Br)cc1Br. The molecule has 2 rings (SSSR count). The molecule has 1 atom stereocenters. The third kappa shape index (κ3) is 6.76. The summed E-state index contributed by atoms with van der Waals surface area (Å²) >= 11 is 30.2. The van der Waals surface area contributed by atoms with Gasteiger partial charge in [-0.25, -0.2) is 0 Å². The Morgan fingerprint density at radius 1 is 1.07 bits per heavy atom. The monoisotopic (exact) mass is 571 g/mol. The molecular formula is C17H14Br2Cl3N3OS. The van der Waals surface area contributed by atoms with Gasteiger partial charge >= 0.3 is 0 Å². The molecule has 0 heterocycles. The molecule has 3 N–H and O–H groups in total. The van der Waals surface area contributed by atoms with E-state index in [-0.39, 0.29) is 5.11 Å². The van der Waals surface area contributed by atoms with E-state index >= 15 is 0 Å². The molecule has 4 nitrogen and oxygen atoms in total. The minimum absolute atomic E-state index is 0.183. The van der Waals surface area contributed by atoms with Crippen molar-refractivity contribution in [2.45, 2.75) is 16.9 Å². The second kappa shape index (κ2) is 9.76. The van der Waals surface area contributed by atoms with Gasteiger partial charge in [-0.1, -0.05) is 68.9 Å². The minimum atomic E-state index is -1.83. The first kappa shape index (κ1) is 22.7. The highest BCUT2D eigenvalue weighted by Crippen LogP contribution is 2.31. The number of thiocarbonyl (C=S) groups is 1. The molecule has 0 saturated carbocycles. The van der Waals surface area contributed by atoms with Gasteiger partial charge in [-0.05, 0) is 64.9 Å². The number of carbonyl (C=O) groups is 1.